The molecule has 0 fully saturated rings. The third-order valence-corrected chi connectivity index (χ3v) is 3.85. The zero-order valence-corrected chi connectivity index (χ0v) is 11.9. The van der Waals surface area contributed by atoms with Crippen LogP contribution in [0.25, 0.3) is 0 Å². The smallest absolute Gasteiger partial charge is 0.416 e. The largest absolute Gasteiger partial charge is 0.492 e. The van der Waals surface area contributed by atoms with Gasteiger partial charge in [-0.05, 0) is 25.1 Å². The average molecular weight is 312 g/mol. The molecule has 0 spiro atoms. The minimum absolute atomic E-state index is 0.120. The molecule has 7 heteroatoms. The van der Waals surface area contributed by atoms with Crippen molar-refractivity contribution in [1.82, 2.24) is 4.98 Å². The molecule has 2 rings (SSSR count). The van der Waals surface area contributed by atoms with E-state index in [1.165, 1.54) is 17.4 Å². The van der Waals surface area contributed by atoms with Crippen LogP contribution in [-0.2, 0) is 12.6 Å². The fourth-order valence-corrected chi connectivity index (χ4v) is 2.50. The Labute approximate surface area is 123 Å². The minimum Gasteiger partial charge on any atom is -0.492 e. The van der Waals surface area contributed by atoms with Gasteiger partial charge in [-0.2, -0.15) is 18.4 Å². The van der Waals surface area contributed by atoms with Crippen LogP contribution in [0.2, 0.25) is 0 Å². The molecule has 1 heterocycles. The molecule has 0 atom stereocenters. The van der Waals surface area contributed by atoms with Crippen molar-refractivity contribution in [3.05, 3.63) is 45.4 Å². The third-order valence-electron chi connectivity index (χ3n) is 2.86. The summed E-state index contributed by atoms with van der Waals surface area (Å²) in [6.45, 7) is 2.16. The van der Waals surface area contributed by atoms with Gasteiger partial charge in [0, 0.05) is 11.3 Å². The monoisotopic (exact) mass is 312 g/mol. The van der Waals surface area contributed by atoms with Crippen LogP contribution in [0.4, 0.5) is 13.2 Å². The number of hydrogen-bond donors (Lipinski definition) is 0. The van der Waals surface area contributed by atoms with E-state index >= 15 is 0 Å². The molecule has 1 aromatic heterocycles. The Bertz CT molecular complexity index is 674. The molecular weight excluding hydrogens is 301 g/mol. The first-order valence-electron chi connectivity index (χ1n) is 6.05. The Morgan fingerprint density at radius 2 is 2.14 bits per heavy atom. The predicted octanol–water partition coefficient (Wildman–Crippen LogP) is 3.96. The van der Waals surface area contributed by atoms with Gasteiger partial charge in [0.05, 0.1) is 28.9 Å². The molecule has 21 heavy (non-hydrogen) atoms. The first kappa shape index (κ1) is 15.3. The molecule has 0 aliphatic carbocycles. The molecule has 0 unspecified atom stereocenters. The van der Waals surface area contributed by atoms with Crippen LogP contribution < -0.4 is 4.74 Å². The number of aryl methyl sites for hydroxylation is 1. The molecule has 1 aromatic carbocycles. The van der Waals surface area contributed by atoms with Crippen molar-refractivity contribution in [1.29, 1.82) is 5.26 Å². The van der Waals surface area contributed by atoms with Gasteiger partial charge >= 0.3 is 6.18 Å². The molecule has 0 saturated carbocycles. The van der Waals surface area contributed by atoms with E-state index in [-0.39, 0.29) is 17.9 Å². The highest BCUT2D eigenvalue weighted by atomic mass is 32.1. The molecule has 110 valence electrons. The van der Waals surface area contributed by atoms with Crippen molar-refractivity contribution < 1.29 is 17.9 Å². The fraction of sp³-hybridized carbons (Fsp3) is 0.286. The molecule has 0 bridgehead atoms. The van der Waals surface area contributed by atoms with Gasteiger partial charge in [-0.3, -0.25) is 0 Å². The number of rotatable bonds is 4. The predicted molar refractivity (Wildman–Crippen MR) is 72.2 cm³/mol. The number of thiazole rings is 1. The highest BCUT2D eigenvalue weighted by Gasteiger charge is 2.31. The summed E-state index contributed by atoms with van der Waals surface area (Å²) >= 11 is 1.50. The van der Waals surface area contributed by atoms with Crippen LogP contribution in [0.1, 0.15) is 21.7 Å². The van der Waals surface area contributed by atoms with Gasteiger partial charge in [0.2, 0.25) is 0 Å². The normalized spacial score (nSPS) is 11.2. The van der Waals surface area contributed by atoms with E-state index in [0.717, 1.165) is 22.7 Å². The van der Waals surface area contributed by atoms with E-state index in [9.17, 15) is 13.2 Å². The lowest BCUT2D eigenvalue weighted by molar-refractivity contribution is -0.137. The van der Waals surface area contributed by atoms with Gasteiger partial charge < -0.3 is 4.74 Å². The Morgan fingerprint density at radius 3 is 2.71 bits per heavy atom. The summed E-state index contributed by atoms with van der Waals surface area (Å²) in [5, 5.41) is 8.93. The lowest BCUT2D eigenvalue weighted by Gasteiger charge is -2.11. The van der Waals surface area contributed by atoms with E-state index < -0.39 is 11.7 Å². The lowest BCUT2D eigenvalue weighted by atomic mass is 10.1. The van der Waals surface area contributed by atoms with Crippen molar-refractivity contribution in [3.8, 4) is 11.8 Å². The minimum atomic E-state index is -4.47. The van der Waals surface area contributed by atoms with Crippen LogP contribution >= 0.6 is 11.3 Å². The Kier molecular flexibility index (Phi) is 4.48. The standard InChI is InChI=1S/C14H11F3N2OS/c1-9-13(21-8-19-9)4-5-20-12-3-2-11(14(15,16)17)6-10(12)7-18/h2-3,6,8H,4-5H2,1H3. The van der Waals surface area contributed by atoms with E-state index in [0.29, 0.717) is 6.42 Å². The van der Waals surface area contributed by atoms with Crippen LogP contribution in [0.3, 0.4) is 0 Å². The summed E-state index contributed by atoms with van der Waals surface area (Å²) in [5.74, 6) is 0.160. The lowest BCUT2D eigenvalue weighted by Crippen LogP contribution is -2.07. The number of halogens is 3. The zero-order valence-electron chi connectivity index (χ0n) is 11.1. The average Bonchev–Trinajstić information content (AvgIpc) is 2.83. The van der Waals surface area contributed by atoms with Crippen molar-refractivity contribution in [3.63, 3.8) is 0 Å². The first-order valence-corrected chi connectivity index (χ1v) is 6.93. The van der Waals surface area contributed by atoms with Gasteiger partial charge in [-0.1, -0.05) is 0 Å². The molecular formula is C14H11F3N2OS. The topological polar surface area (TPSA) is 45.9 Å². The Balaban J connectivity index is 2.07. The van der Waals surface area contributed by atoms with Crippen molar-refractivity contribution >= 4 is 11.3 Å². The van der Waals surface area contributed by atoms with Gasteiger partial charge in [0.15, 0.2) is 0 Å². The summed E-state index contributed by atoms with van der Waals surface area (Å²) in [4.78, 5) is 5.16. The molecule has 0 N–H and O–H groups in total. The highest BCUT2D eigenvalue weighted by Crippen LogP contribution is 2.32. The second kappa shape index (κ2) is 6.14. The van der Waals surface area contributed by atoms with Crippen molar-refractivity contribution in [2.45, 2.75) is 19.5 Å². The van der Waals surface area contributed by atoms with Crippen LogP contribution in [-0.4, -0.2) is 11.6 Å². The number of ether oxygens (including phenoxy) is 1. The number of nitriles is 1. The maximum absolute atomic E-state index is 12.6. The number of nitrogens with zero attached hydrogens (tertiary/aromatic N) is 2. The van der Waals surface area contributed by atoms with Crippen molar-refractivity contribution in [2.24, 2.45) is 0 Å². The molecule has 0 radical (unpaired) electrons. The molecule has 2 aromatic rings. The third kappa shape index (κ3) is 3.73. The summed E-state index contributed by atoms with van der Waals surface area (Å²) in [6, 6.07) is 4.62. The molecule has 0 aliphatic heterocycles. The van der Waals surface area contributed by atoms with E-state index in [2.05, 4.69) is 4.98 Å². The number of alkyl halides is 3. The van der Waals surface area contributed by atoms with Gasteiger partial charge in [0.25, 0.3) is 0 Å². The van der Waals surface area contributed by atoms with E-state index in [1.807, 2.05) is 6.92 Å². The maximum atomic E-state index is 12.6. The summed E-state index contributed by atoms with van der Waals surface area (Å²) in [6.07, 6.45) is -3.87. The van der Waals surface area contributed by atoms with Gasteiger partial charge in [-0.25, -0.2) is 4.98 Å². The summed E-state index contributed by atoms with van der Waals surface area (Å²) < 4.78 is 43.1. The highest BCUT2D eigenvalue weighted by molar-refractivity contribution is 7.09. The second-order valence-corrected chi connectivity index (χ2v) is 5.22. The molecule has 0 aliphatic rings. The van der Waals surface area contributed by atoms with E-state index in [4.69, 9.17) is 10.00 Å². The van der Waals surface area contributed by atoms with Crippen LogP contribution in [0.5, 0.6) is 5.75 Å². The summed E-state index contributed by atoms with van der Waals surface area (Å²) in [5.41, 5.74) is 1.66. The molecule has 3 nitrogen and oxygen atoms in total. The Hall–Kier alpha value is -2.07. The summed E-state index contributed by atoms with van der Waals surface area (Å²) in [7, 11) is 0. The number of benzene rings is 1. The number of hydrogen-bond acceptors (Lipinski definition) is 4. The second-order valence-electron chi connectivity index (χ2n) is 4.28. The zero-order chi connectivity index (χ0) is 15.5. The fourth-order valence-electron chi connectivity index (χ4n) is 1.74. The SMILES string of the molecule is Cc1ncsc1CCOc1ccc(C(F)(F)F)cc1C#N. The Morgan fingerprint density at radius 1 is 1.38 bits per heavy atom. The maximum Gasteiger partial charge on any atom is 0.416 e. The van der Waals surface area contributed by atoms with Crippen LogP contribution in [0.15, 0.2) is 23.7 Å². The van der Waals surface area contributed by atoms with E-state index in [1.54, 1.807) is 11.6 Å². The number of aromatic nitrogens is 1. The quantitative estimate of drug-likeness (QED) is 0.858. The first-order chi connectivity index (χ1) is 9.91. The van der Waals surface area contributed by atoms with Crippen LogP contribution in [0, 0.1) is 18.3 Å². The van der Waals surface area contributed by atoms with Crippen molar-refractivity contribution in [2.75, 3.05) is 6.61 Å². The molecule has 0 saturated heterocycles. The van der Waals surface area contributed by atoms with Gasteiger partial charge in [0.1, 0.15) is 11.8 Å². The van der Waals surface area contributed by atoms with Gasteiger partial charge in [-0.15, -0.1) is 11.3 Å². The molecule has 0 amide bonds.